The summed E-state index contributed by atoms with van der Waals surface area (Å²) in [7, 11) is 0. The fraction of sp³-hybridized carbons (Fsp3) is 0.939. The van der Waals surface area contributed by atoms with E-state index in [2.05, 4.69) is 39.9 Å². The fourth-order valence-electron chi connectivity index (χ4n) is 12.3. The number of hydrogen-bond donors (Lipinski definition) is 3. The van der Waals surface area contributed by atoms with E-state index < -0.39 is 17.5 Å². The number of aliphatic carboxylic acids is 1. The number of aliphatic hydroxyl groups excluding tert-OH is 1. The molecule has 39 heavy (non-hydrogen) atoms. The highest BCUT2D eigenvalue weighted by Crippen LogP contribution is 2.77. The van der Waals surface area contributed by atoms with Gasteiger partial charge in [0.2, 0.25) is 0 Å². The van der Waals surface area contributed by atoms with Gasteiger partial charge < -0.3 is 20.3 Å². The van der Waals surface area contributed by atoms with Crippen LogP contribution in [0.3, 0.4) is 0 Å². The van der Waals surface area contributed by atoms with E-state index in [9.17, 15) is 19.8 Å². The van der Waals surface area contributed by atoms with Crippen LogP contribution in [-0.4, -0.2) is 40.5 Å². The van der Waals surface area contributed by atoms with Crippen molar-refractivity contribution in [2.24, 2.45) is 56.7 Å². The predicted molar refractivity (Wildman–Crippen MR) is 150 cm³/mol. The summed E-state index contributed by atoms with van der Waals surface area (Å²) >= 11 is 0. The lowest BCUT2D eigenvalue weighted by Crippen LogP contribution is -2.67. The number of carboxylic acids is 1. The van der Waals surface area contributed by atoms with Gasteiger partial charge >= 0.3 is 12.1 Å². The maximum atomic E-state index is 12.8. The molecular weight excluding hydrogens is 490 g/mol. The molecule has 0 aromatic rings. The lowest BCUT2D eigenvalue weighted by atomic mass is 9.32. The van der Waals surface area contributed by atoms with E-state index in [0.717, 1.165) is 77.0 Å². The van der Waals surface area contributed by atoms with Gasteiger partial charge in [0.25, 0.3) is 0 Å². The molecule has 6 aliphatic rings. The molecule has 220 valence electrons. The summed E-state index contributed by atoms with van der Waals surface area (Å²) in [6, 6.07) is 0.310. The number of hydrogen-bond acceptors (Lipinski definition) is 4. The topological polar surface area (TPSA) is 95.9 Å². The molecule has 6 fully saturated rings. The quantitative estimate of drug-likeness (QED) is 0.363. The van der Waals surface area contributed by atoms with Crippen molar-refractivity contribution < 1.29 is 24.5 Å². The van der Waals surface area contributed by atoms with Crippen molar-refractivity contribution in [2.75, 3.05) is 0 Å². The number of alkyl carbamates (subject to hydrolysis) is 1. The van der Waals surface area contributed by atoms with Gasteiger partial charge in [-0.3, -0.25) is 4.79 Å². The Morgan fingerprint density at radius 3 is 2.18 bits per heavy atom. The summed E-state index contributed by atoms with van der Waals surface area (Å²) in [6.45, 7) is 14.2. The Balaban J connectivity index is 1.29. The molecule has 0 bridgehead atoms. The average Bonchev–Trinajstić information content (AvgIpc) is 3.56. The Hall–Kier alpha value is -1.30. The smallest absolute Gasteiger partial charge is 0.407 e. The minimum absolute atomic E-state index is 0.0539. The third-order valence-corrected chi connectivity index (χ3v) is 14.6. The van der Waals surface area contributed by atoms with Crippen LogP contribution in [0.4, 0.5) is 4.79 Å². The zero-order chi connectivity index (χ0) is 28.2. The van der Waals surface area contributed by atoms with Crippen molar-refractivity contribution in [1.29, 1.82) is 0 Å². The number of carboxylic acid groups (broad SMARTS) is 1. The Bertz CT molecular complexity index is 1020. The number of ether oxygens (including phenoxy) is 1. The van der Waals surface area contributed by atoms with Crippen LogP contribution in [0.25, 0.3) is 0 Å². The van der Waals surface area contributed by atoms with E-state index >= 15 is 0 Å². The van der Waals surface area contributed by atoms with Crippen LogP contribution in [0.15, 0.2) is 0 Å². The van der Waals surface area contributed by atoms with Crippen LogP contribution in [0, 0.1) is 56.7 Å². The van der Waals surface area contributed by atoms with Crippen LogP contribution < -0.4 is 5.32 Å². The van der Waals surface area contributed by atoms with Gasteiger partial charge in [0.15, 0.2) is 0 Å². The number of aliphatic hydroxyl groups is 1. The lowest BCUT2D eigenvalue weighted by Gasteiger charge is -2.72. The van der Waals surface area contributed by atoms with Gasteiger partial charge in [-0.1, -0.05) is 34.6 Å². The molecule has 11 atom stereocenters. The van der Waals surface area contributed by atoms with Crippen LogP contribution in [0.5, 0.6) is 0 Å². The molecule has 6 rings (SSSR count). The molecular formula is C33H53NO5. The molecule has 0 aromatic heterocycles. The second-order valence-corrected chi connectivity index (χ2v) is 16.3. The predicted octanol–water partition coefficient (Wildman–Crippen LogP) is 6.79. The molecule has 6 saturated carbocycles. The monoisotopic (exact) mass is 543 g/mol. The summed E-state index contributed by atoms with van der Waals surface area (Å²) in [6.07, 6.45) is 11.2. The van der Waals surface area contributed by atoms with E-state index in [4.69, 9.17) is 4.74 Å². The molecule has 0 heterocycles. The Labute approximate surface area is 235 Å². The fourth-order valence-corrected chi connectivity index (χ4v) is 12.3. The molecule has 6 nitrogen and oxygen atoms in total. The van der Waals surface area contributed by atoms with Gasteiger partial charge in [-0.25, -0.2) is 4.79 Å². The molecule has 0 aromatic carbocycles. The van der Waals surface area contributed by atoms with Crippen molar-refractivity contribution in [2.45, 2.75) is 137 Å². The largest absolute Gasteiger partial charge is 0.481 e. The van der Waals surface area contributed by atoms with Crippen molar-refractivity contribution in [3.05, 3.63) is 0 Å². The van der Waals surface area contributed by atoms with E-state index in [0.29, 0.717) is 23.8 Å². The summed E-state index contributed by atoms with van der Waals surface area (Å²) in [4.78, 5) is 25.4. The maximum absolute atomic E-state index is 12.8. The molecule has 1 amide bonds. The SMILES string of the molecule is C[C@H](O)[C@@H]1CC[C@]2(C(=O)O)CC[C@]3(C)[C@H](CC[C@@H]4[C@@]5(C)CC[C@@H](OC(=O)NC6CC6)C(C)(C)[C@@H]5CC[C@]43C)[C@@H]12. The third-order valence-electron chi connectivity index (χ3n) is 14.6. The normalized spacial score (nSPS) is 50.9. The van der Waals surface area contributed by atoms with E-state index in [-0.39, 0.29) is 45.7 Å². The van der Waals surface area contributed by atoms with Crippen LogP contribution >= 0.6 is 0 Å². The summed E-state index contributed by atoms with van der Waals surface area (Å²) in [5.74, 6) is 0.966. The second-order valence-electron chi connectivity index (χ2n) is 16.3. The first kappa shape index (κ1) is 27.8. The molecule has 6 aliphatic carbocycles. The van der Waals surface area contributed by atoms with Gasteiger partial charge in [0.1, 0.15) is 6.10 Å². The first-order chi connectivity index (χ1) is 18.2. The molecule has 6 heteroatoms. The summed E-state index contributed by atoms with van der Waals surface area (Å²) < 4.78 is 6.10. The van der Waals surface area contributed by atoms with E-state index in [1.165, 1.54) is 0 Å². The lowest BCUT2D eigenvalue weighted by molar-refractivity contribution is -0.250. The Kier molecular flexibility index (Phi) is 6.32. The van der Waals surface area contributed by atoms with Crippen molar-refractivity contribution >= 4 is 12.1 Å². The number of rotatable bonds is 4. The number of amides is 1. The van der Waals surface area contributed by atoms with Crippen molar-refractivity contribution in [3.63, 3.8) is 0 Å². The number of carbonyl (C=O) groups is 2. The summed E-state index contributed by atoms with van der Waals surface area (Å²) in [5.41, 5.74) is -0.342. The molecule has 0 aliphatic heterocycles. The number of nitrogens with one attached hydrogen (secondary N) is 1. The molecule has 3 N–H and O–H groups in total. The maximum Gasteiger partial charge on any atom is 0.407 e. The highest BCUT2D eigenvalue weighted by atomic mass is 16.6. The summed E-state index contributed by atoms with van der Waals surface area (Å²) in [5, 5.41) is 24.4. The Morgan fingerprint density at radius 2 is 1.54 bits per heavy atom. The molecule has 0 spiro atoms. The first-order valence-electron chi connectivity index (χ1n) is 16.1. The van der Waals surface area contributed by atoms with Gasteiger partial charge in [0.05, 0.1) is 11.5 Å². The first-order valence-corrected chi connectivity index (χ1v) is 16.1. The van der Waals surface area contributed by atoms with Gasteiger partial charge in [-0.05, 0) is 130 Å². The minimum Gasteiger partial charge on any atom is -0.481 e. The van der Waals surface area contributed by atoms with Gasteiger partial charge in [-0.15, -0.1) is 0 Å². The number of carbonyl (C=O) groups excluding carboxylic acids is 1. The third kappa shape index (κ3) is 3.74. The van der Waals surface area contributed by atoms with Crippen LogP contribution in [0.2, 0.25) is 0 Å². The van der Waals surface area contributed by atoms with Crippen molar-refractivity contribution in [1.82, 2.24) is 5.32 Å². The van der Waals surface area contributed by atoms with E-state index in [1.54, 1.807) is 0 Å². The molecule has 0 radical (unpaired) electrons. The standard InChI is InChI=1S/C33H53NO5/c1-19(35)21-11-16-33(27(36)37)18-17-31(5)22(26(21)33)9-10-24-30(4)14-13-25(39-28(38)34-20-7-8-20)29(2,3)23(30)12-15-32(24,31)6/h19-26,35H,7-18H2,1-6H3,(H,34,38)(H,36,37)/t19-,21-,22+,23-,24+,25+,26+,30-,31+,32+,33-/m0/s1. The average molecular weight is 544 g/mol. The second kappa shape index (κ2) is 8.85. The highest BCUT2D eigenvalue weighted by Gasteiger charge is 2.72. The Morgan fingerprint density at radius 1 is 0.821 bits per heavy atom. The molecule has 0 unspecified atom stereocenters. The number of fused-ring (bicyclic) bond motifs is 7. The highest BCUT2D eigenvalue weighted by molar-refractivity contribution is 5.76. The van der Waals surface area contributed by atoms with Crippen LogP contribution in [0.1, 0.15) is 119 Å². The van der Waals surface area contributed by atoms with E-state index in [1.807, 2.05) is 6.92 Å². The zero-order valence-electron chi connectivity index (χ0n) is 25.2. The molecule has 0 saturated heterocycles. The zero-order valence-corrected chi connectivity index (χ0v) is 25.2. The van der Waals surface area contributed by atoms with Gasteiger partial charge in [-0.2, -0.15) is 0 Å². The van der Waals surface area contributed by atoms with Crippen molar-refractivity contribution in [3.8, 4) is 0 Å². The minimum atomic E-state index is -0.658. The van der Waals surface area contributed by atoms with Crippen LogP contribution in [-0.2, 0) is 9.53 Å². The van der Waals surface area contributed by atoms with Gasteiger partial charge in [0, 0.05) is 11.5 Å².